The molecule has 1 aliphatic rings. The molecule has 9 nitrogen and oxygen atoms in total. The van der Waals surface area contributed by atoms with Gasteiger partial charge in [-0.2, -0.15) is 0 Å². The van der Waals surface area contributed by atoms with Crippen LogP contribution in [0.3, 0.4) is 0 Å². The van der Waals surface area contributed by atoms with Gasteiger partial charge in [0.2, 0.25) is 0 Å². The normalized spacial score (nSPS) is 19.1. The second-order valence-corrected chi connectivity index (χ2v) is 11.9. The first-order chi connectivity index (χ1) is 17.9. The largest absolute Gasteiger partial charge is 0.444 e. The molecule has 1 aromatic carbocycles. The first-order valence-corrected chi connectivity index (χ1v) is 13.8. The lowest BCUT2D eigenvalue weighted by Gasteiger charge is -2.44. The molecular formula is C29H46N4O5. The van der Waals surface area contributed by atoms with Gasteiger partial charge < -0.3 is 28.9 Å². The number of para-hydroxylation sites is 2. The van der Waals surface area contributed by atoms with E-state index in [4.69, 9.17) is 14.5 Å². The van der Waals surface area contributed by atoms with Gasteiger partial charge in [-0.1, -0.05) is 26.0 Å². The number of nitrogens with zero attached hydrogens (tertiary/aromatic N) is 4. The van der Waals surface area contributed by atoms with Crippen molar-refractivity contribution in [3.63, 3.8) is 0 Å². The van der Waals surface area contributed by atoms with E-state index in [0.717, 1.165) is 23.9 Å². The molecule has 2 unspecified atom stereocenters. The Balaban J connectivity index is 1.96. The molecule has 38 heavy (non-hydrogen) atoms. The van der Waals surface area contributed by atoms with Gasteiger partial charge in [-0.25, -0.2) is 9.78 Å². The number of benzene rings is 1. The summed E-state index contributed by atoms with van der Waals surface area (Å²) in [5.41, 5.74) is 1.08. The second-order valence-electron chi connectivity index (χ2n) is 11.9. The molecule has 0 aliphatic carbocycles. The van der Waals surface area contributed by atoms with E-state index < -0.39 is 17.8 Å². The number of aromatic nitrogens is 2. The smallest absolute Gasteiger partial charge is 0.410 e. The highest BCUT2D eigenvalue weighted by atomic mass is 16.6. The molecule has 3 atom stereocenters. The van der Waals surface area contributed by atoms with Crippen molar-refractivity contribution in [1.82, 2.24) is 19.4 Å². The van der Waals surface area contributed by atoms with E-state index in [2.05, 4.69) is 13.8 Å². The zero-order chi connectivity index (χ0) is 28.0. The first-order valence-electron chi connectivity index (χ1n) is 13.8. The minimum Gasteiger partial charge on any atom is -0.444 e. The van der Waals surface area contributed by atoms with Gasteiger partial charge in [-0.05, 0) is 65.0 Å². The van der Waals surface area contributed by atoms with Crippen molar-refractivity contribution in [1.29, 1.82) is 0 Å². The molecule has 1 N–H and O–H groups in total. The number of ether oxygens (including phenoxy) is 2. The molecule has 0 bridgehead atoms. The lowest BCUT2D eigenvalue weighted by atomic mass is 9.89. The van der Waals surface area contributed by atoms with E-state index in [1.54, 1.807) is 18.9 Å². The Bertz CT molecular complexity index is 1070. The molecule has 0 spiro atoms. The molecule has 3 rings (SSSR count). The number of methoxy groups -OCH3 is 1. The van der Waals surface area contributed by atoms with Crippen molar-refractivity contribution >= 4 is 23.0 Å². The number of imidazole rings is 1. The highest BCUT2D eigenvalue weighted by Gasteiger charge is 2.39. The van der Waals surface area contributed by atoms with E-state index >= 15 is 0 Å². The van der Waals surface area contributed by atoms with Gasteiger partial charge in [0.15, 0.2) is 5.82 Å². The number of carbonyl (C=O) groups excluding carboxylic acids is 2. The van der Waals surface area contributed by atoms with Crippen molar-refractivity contribution < 1.29 is 24.2 Å². The zero-order valence-electron chi connectivity index (χ0n) is 24.1. The predicted octanol–water partition coefficient (Wildman–Crippen LogP) is 4.57. The van der Waals surface area contributed by atoms with Crippen LogP contribution >= 0.6 is 0 Å². The average Bonchev–Trinajstić information content (AvgIpc) is 3.22. The molecule has 2 heterocycles. The summed E-state index contributed by atoms with van der Waals surface area (Å²) < 4.78 is 12.9. The summed E-state index contributed by atoms with van der Waals surface area (Å²) >= 11 is 0. The Morgan fingerprint density at radius 3 is 2.50 bits per heavy atom. The van der Waals surface area contributed by atoms with Crippen LogP contribution in [0.25, 0.3) is 11.0 Å². The van der Waals surface area contributed by atoms with E-state index in [9.17, 15) is 14.7 Å². The number of rotatable bonds is 10. The second kappa shape index (κ2) is 12.9. The molecule has 1 aromatic heterocycles. The standard InChI is InChI=1S/C29H46N4O5/c1-20(2)17-33(23-16-22(21(3)34)18-31(19-23)28(36)38-29(4,5)6)27(35)26-30-24-12-8-9-13-25(24)32(26)14-10-11-15-37-7/h8-9,12-13,20-23,34H,10-11,14-19H2,1-7H3/t21?,22?,23-/m0/s1. The summed E-state index contributed by atoms with van der Waals surface area (Å²) in [6, 6.07) is 7.54. The quantitative estimate of drug-likeness (QED) is 0.452. The number of aliphatic hydroxyl groups is 1. The van der Waals surface area contributed by atoms with Gasteiger partial charge in [0.25, 0.3) is 5.91 Å². The fourth-order valence-corrected chi connectivity index (χ4v) is 5.06. The van der Waals surface area contributed by atoms with Crippen LogP contribution in [0.2, 0.25) is 0 Å². The van der Waals surface area contributed by atoms with Gasteiger partial charge >= 0.3 is 6.09 Å². The Morgan fingerprint density at radius 2 is 1.87 bits per heavy atom. The Labute approximate surface area is 227 Å². The third kappa shape index (κ3) is 7.69. The lowest BCUT2D eigenvalue weighted by molar-refractivity contribution is -0.0151. The maximum Gasteiger partial charge on any atom is 0.410 e. The number of carbonyl (C=O) groups is 2. The Kier molecular flexibility index (Phi) is 10.2. The van der Waals surface area contributed by atoms with Crippen molar-refractivity contribution in [3.8, 4) is 0 Å². The maximum absolute atomic E-state index is 14.3. The van der Waals surface area contributed by atoms with Gasteiger partial charge in [-0.15, -0.1) is 0 Å². The molecule has 1 aliphatic heterocycles. The number of aryl methyl sites for hydroxylation is 1. The number of fused-ring (bicyclic) bond motifs is 1. The number of likely N-dealkylation sites (tertiary alicyclic amines) is 1. The van der Waals surface area contributed by atoms with Crippen LogP contribution < -0.4 is 0 Å². The molecule has 2 aromatic rings. The fourth-order valence-electron chi connectivity index (χ4n) is 5.06. The Morgan fingerprint density at radius 1 is 1.16 bits per heavy atom. The molecule has 2 amide bonds. The number of hydrogen-bond acceptors (Lipinski definition) is 6. The van der Waals surface area contributed by atoms with E-state index in [1.165, 1.54) is 0 Å². The number of hydrogen-bond donors (Lipinski definition) is 1. The predicted molar refractivity (Wildman–Crippen MR) is 148 cm³/mol. The summed E-state index contributed by atoms with van der Waals surface area (Å²) in [6.07, 6.45) is 1.30. The van der Waals surface area contributed by atoms with Gasteiger partial charge in [0.05, 0.1) is 23.2 Å². The minimum atomic E-state index is -0.633. The average molecular weight is 531 g/mol. The third-order valence-corrected chi connectivity index (χ3v) is 6.88. The third-order valence-electron chi connectivity index (χ3n) is 6.88. The van der Waals surface area contributed by atoms with Gasteiger partial charge in [-0.3, -0.25) is 4.79 Å². The molecule has 0 radical (unpaired) electrons. The fraction of sp³-hybridized carbons (Fsp3) is 0.690. The first kappa shape index (κ1) is 29.9. The highest BCUT2D eigenvalue weighted by Crippen LogP contribution is 2.28. The van der Waals surface area contributed by atoms with Crippen molar-refractivity contribution in [3.05, 3.63) is 30.1 Å². The summed E-state index contributed by atoms with van der Waals surface area (Å²) in [5.74, 6) is 0.297. The molecule has 1 saturated heterocycles. The van der Waals surface area contributed by atoms with Crippen LogP contribution in [-0.2, 0) is 16.0 Å². The van der Waals surface area contributed by atoms with Crippen LogP contribution in [0.5, 0.6) is 0 Å². The van der Waals surface area contributed by atoms with Crippen molar-refractivity contribution in [2.45, 2.75) is 85.1 Å². The zero-order valence-corrected chi connectivity index (χ0v) is 24.1. The maximum atomic E-state index is 14.3. The molecule has 1 fully saturated rings. The monoisotopic (exact) mass is 530 g/mol. The SMILES string of the molecule is COCCCCn1c(C(=O)N(CC(C)C)[C@H]2CC(C(C)O)CN(C(=O)OC(C)(C)C)C2)nc2ccccc21. The number of piperidine rings is 1. The molecule has 0 saturated carbocycles. The van der Waals surface area contributed by atoms with Crippen molar-refractivity contribution in [2.24, 2.45) is 11.8 Å². The minimum absolute atomic E-state index is 0.151. The number of aliphatic hydroxyl groups excluding tert-OH is 1. The van der Waals surface area contributed by atoms with Crippen LogP contribution in [0.4, 0.5) is 4.79 Å². The van der Waals surface area contributed by atoms with Gasteiger partial charge in [0, 0.05) is 45.8 Å². The summed E-state index contributed by atoms with van der Waals surface area (Å²) in [4.78, 5) is 35.6. The van der Waals surface area contributed by atoms with Crippen molar-refractivity contribution in [2.75, 3.05) is 33.4 Å². The highest BCUT2D eigenvalue weighted by molar-refractivity contribution is 5.95. The molecular weight excluding hydrogens is 484 g/mol. The molecule has 212 valence electrons. The van der Waals surface area contributed by atoms with Crippen LogP contribution in [-0.4, -0.2) is 87.6 Å². The van der Waals surface area contributed by atoms with Crippen LogP contribution in [0.15, 0.2) is 24.3 Å². The number of amides is 2. The number of unbranched alkanes of at least 4 members (excludes halogenated alkanes) is 1. The topological polar surface area (TPSA) is 97.1 Å². The van der Waals surface area contributed by atoms with E-state index in [-0.39, 0.29) is 23.8 Å². The van der Waals surface area contributed by atoms with Gasteiger partial charge in [0.1, 0.15) is 5.60 Å². The summed E-state index contributed by atoms with van der Waals surface area (Å²) in [6.45, 7) is 14.0. The van der Waals surface area contributed by atoms with E-state index in [1.807, 2.05) is 54.5 Å². The summed E-state index contributed by atoms with van der Waals surface area (Å²) in [5, 5.41) is 10.5. The summed E-state index contributed by atoms with van der Waals surface area (Å²) in [7, 11) is 1.69. The van der Waals surface area contributed by atoms with Crippen LogP contribution in [0.1, 0.15) is 71.4 Å². The van der Waals surface area contributed by atoms with Crippen LogP contribution in [0, 0.1) is 11.8 Å². The Hall–Kier alpha value is -2.65. The lowest BCUT2D eigenvalue weighted by Crippen LogP contribution is -2.57. The molecule has 9 heteroatoms. The van der Waals surface area contributed by atoms with E-state index in [0.29, 0.717) is 45.0 Å².